The molecule has 0 aromatic heterocycles. The predicted molar refractivity (Wildman–Crippen MR) is 100 cm³/mol. The first-order valence-corrected chi connectivity index (χ1v) is 8.58. The number of amides is 2. The standard InChI is InChI=1S/C20H20N2O5/c1-27-17-9-8-14(21-19(24)12-6-7-12)11-16(17)22-18(23)10-13-4-2-3-5-15(13)20(25)26/h2-5,8-9,11-12H,6-7,10H2,1H3,(H,21,24)(H,22,23)(H,25,26). The van der Waals surface area contributed by atoms with Gasteiger partial charge in [-0.1, -0.05) is 18.2 Å². The zero-order valence-electron chi connectivity index (χ0n) is 14.8. The zero-order chi connectivity index (χ0) is 19.4. The van der Waals surface area contributed by atoms with Crippen molar-refractivity contribution in [3.8, 4) is 5.75 Å². The van der Waals surface area contributed by atoms with Gasteiger partial charge in [-0.15, -0.1) is 0 Å². The van der Waals surface area contributed by atoms with E-state index in [9.17, 15) is 19.5 Å². The number of anilines is 2. The summed E-state index contributed by atoms with van der Waals surface area (Å²) >= 11 is 0. The SMILES string of the molecule is COc1ccc(NC(=O)C2CC2)cc1NC(=O)Cc1ccccc1C(=O)O. The molecule has 0 unspecified atom stereocenters. The Morgan fingerprint density at radius 1 is 1.11 bits per heavy atom. The first-order valence-electron chi connectivity index (χ1n) is 8.58. The number of carboxylic acids is 1. The molecule has 1 aliphatic rings. The topological polar surface area (TPSA) is 105 Å². The summed E-state index contributed by atoms with van der Waals surface area (Å²) in [4.78, 5) is 35.6. The Bertz CT molecular complexity index is 890. The molecule has 1 fully saturated rings. The smallest absolute Gasteiger partial charge is 0.335 e. The summed E-state index contributed by atoms with van der Waals surface area (Å²) in [6.45, 7) is 0. The van der Waals surface area contributed by atoms with Crippen LogP contribution >= 0.6 is 0 Å². The summed E-state index contributed by atoms with van der Waals surface area (Å²) in [7, 11) is 1.48. The molecule has 0 bridgehead atoms. The summed E-state index contributed by atoms with van der Waals surface area (Å²) < 4.78 is 5.26. The molecule has 0 saturated heterocycles. The molecule has 140 valence electrons. The molecule has 2 aromatic rings. The van der Waals surface area contributed by atoms with Crippen molar-refractivity contribution in [2.75, 3.05) is 17.7 Å². The van der Waals surface area contributed by atoms with E-state index in [0.29, 0.717) is 22.7 Å². The Kier molecular flexibility index (Phi) is 5.40. The second-order valence-corrected chi connectivity index (χ2v) is 6.37. The van der Waals surface area contributed by atoms with Crippen LogP contribution in [0.25, 0.3) is 0 Å². The van der Waals surface area contributed by atoms with Crippen LogP contribution in [0, 0.1) is 5.92 Å². The Morgan fingerprint density at radius 2 is 1.85 bits per heavy atom. The first-order chi connectivity index (χ1) is 13.0. The van der Waals surface area contributed by atoms with Crippen molar-refractivity contribution in [1.82, 2.24) is 0 Å². The Labute approximate surface area is 156 Å². The Hall–Kier alpha value is -3.35. The lowest BCUT2D eigenvalue weighted by Gasteiger charge is -2.13. The van der Waals surface area contributed by atoms with Gasteiger partial charge in [0, 0.05) is 11.6 Å². The van der Waals surface area contributed by atoms with Crippen molar-refractivity contribution >= 4 is 29.2 Å². The number of ether oxygens (including phenoxy) is 1. The minimum atomic E-state index is -1.08. The van der Waals surface area contributed by atoms with Gasteiger partial charge in [0.2, 0.25) is 11.8 Å². The molecule has 2 amide bonds. The van der Waals surface area contributed by atoms with Crippen molar-refractivity contribution in [3.05, 3.63) is 53.6 Å². The lowest BCUT2D eigenvalue weighted by Crippen LogP contribution is -2.18. The maximum absolute atomic E-state index is 12.4. The lowest BCUT2D eigenvalue weighted by atomic mass is 10.0. The highest BCUT2D eigenvalue weighted by atomic mass is 16.5. The van der Waals surface area contributed by atoms with Crippen molar-refractivity contribution in [2.45, 2.75) is 19.3 Å². The van der Waals surface area contributed by atoms with E-state index >= 15 is 0 Å². The number of hydrogen-bond acceptors (Lipinski definition) is 4. The van der Waals surface area contributed by atoms with E-state index in [-0.39, 0.29) is 29.7 Å². The molecule has 7 nitrogen and oxygen atoms in total. The quantitative estimate of drug-likeness (QED) is 0.697. The highest BCUT2D eigenvalue weighted by Crippen LogP contribution is 2.32. The normalized spacial score (nSPS) is 12.9. The van der Waals surface area contributed by atoms with Crippen LogP contribution in [0.4, 0.5) is 11.4 Å². The van der Waals surface area contributed by atoms with Crippen LogP contribution in [-0.2, 0) is 16.0 Å². The average molecular weight is 368 g/mol. The largest absolute Gasteiger partial charge is 0.495 e. The second kappa shape index (κ2) is 7.90. The van der Waals surface area contributed by atoms with Crippen LogP contribution in [0.15, 0.2) is 42.5 Å². The number of carboxylic acid groups (broad SMARTS) is 1. The van der Waals surface area contributed by atoms with Gasteiger partial charge in [0.05, 0.1) is 24.8 Å². The molecule has 1 saturated carbocycles. The second-order valence-electron chi connectivity index (χ2n) is 6.37. The number of benzene rings is 2. The number of aromatic carboxylic acids is 1. The predicted octanol–water partition coefficient (Wildman–Crippen LogP) is 2.92. The molecule has 2 aromatic carbocycles. The fourth-order valence-corrected chi connectivity index (χ4v) is 2.72. The van der Waals surface area contributed by atoms with Crippen molar-refractivity contribution in [3.63, 3.8) is 0 Å². The average Bonchev–Trinajstić information content (AvgIpc) is 3.47. The summed E-state index contributed by atoms with van der Waals surface area (Å²) in [6.07, 6.45) is 1.70. The van der Waals surface area contributed by atoms with Gasteiger partial charge in [0.25, 0.3) is 0 Å². The third-order valence-corrected chi connectivity index (χ3v) is 4.29. The van der Waals surface area contributed by atoms with Crippen molar-refractivity contribution in [2.24, 2.45) is 5.92 Å². The first kappa shape index (κ1) is 18.4. The van der Waals surface area contributed by atoms with Gasteiger partial charge in [-0.05, 0) is 42.7 Å². The molecule has 27 heavy (non-hydrogen) atoms. The van der Waals surface area contributed by atoms with E-state index in [1.165, 1.54) is 13.2 Å². The van der Waals surface area contributed by atoms with Gasteiger partial charge >= 0.3 is 5.97 Å². The highest BCUT2D eigenvalue weighted by Gasteiger charge is 2.29. The molecule has 0 aliphatic heterocycles. The maximum Gasteiger partial charge on any atom is 0.335 e. The van der Waals surface area contributed by atoms with Crippen LogP contribution in [0.3, 0.4) is 0 Å². The number of carbonyl (C=O) groups excluding carboxylic acids is 2. The molecule has 0 radical (unpaired) electrons. The third-order valence-electron chi connectivity index (χ3n) is 4.29. The molecule has 3 rings (SSSR count). The molecule has 0 spiro atoms. The maximum atomic E-state index is 12.4. The van der Waals surface area contributed by atoms with Gasteiger partial charge < -0.3 is 20.5 Å². The lowest BCUT2D eigenvalue weighted by molar-refractivity contribution is -0.117. The van der Waals surface area contributed by atoms with Crippen LogP contribution in [-0.4, -0.2) is 30.0 Å². The molecule has 0 atom stereocenters. The number of rotatable bonds is 7. The summed E-state index contributed by atoms with van der Waals surface area (Å²) in [5.41, 5.74) is 1.47. The van der Waals surface area contributed by atoms with Crippen LogP contribution < -0.4 is 15.4 Å². The monoisotopic (exact) mass is 368 g/mol. The van der Waals surface area contributed by atoms with Crippen LogP contribution in [0.5, 0.6) is 5.75 Å². The number of hydrogen-bond donors (Lipinski definition) is 3. The van der Waals surface area contributed by atoms with E-state index in [0.717, 1.165) is 12.8 Å². The van der Waals surface area contributed by atoms with E-state index in [2.05, 4.69) is 10.6 Å². The minimum Gasteiger partial charge on any atom is -0.495 e. The van der Waals surface area contributed by atoms with Gasteiger partial charge in [0.15, 0.2) is 0 Å². The molecular formula is C20H20N2O5. The summed E-state index contributed by atoms with van der Waals surface area (Å²) in [5, 5.41) is 14.8. The van der Waals surface area contributed by atoms with Gasteiger partial charge in [0.1, 0.15) is 5.75 Å². The molecule has 0 heterocycles. The van der Waals surface area contributed by atoms with Gasteiger partial charge in [-0.3, -0.25) is 9.59 Å². The summed E-state index contributed by atoms with van der Waals surface area (Å²) in [5.74, 6) is -0.988. The number of nitrogens with one attached hydrogen (secondary N) is 2. The van der Waals surface area contributed by atoms with E-state index in [1.807, 2.05) is 0 Å². The van der Waals surface area contributed by atoms with E-state index in [4.69, 9.17) is 4.74 Å². The summed E-state index contributed by atoms with van der Waals surface area (Å²) in [6, 6.07) is 11.3. The molecule has 1 aliphatic carbocycles. The number of methoxy groups -OCH3 is 1. The van der Waals surface area contributed by atoms with Crippen LogP contribution in [0.2, 0.25) is 0 Å². The van der Waals surface area contributed by atoms with Gasteiger partial charge in [-0.25, -0.2) is 4.79 Å². The zero-order valence-corrected chi connectivity index (χ0v) is 14.8. The fraction of sp³-hybridized carbons (Fsp3) is 0.250. The number of carbonyl (C=O) groups is 3. The van der Waals surface area contributed by atoms with Crippen molar-refractivity contribution in [1.29, 1.82) is 0 Å². The van der Waals surface area contributed by atoms with Crippen LogP contribution in [0.1, 0.15) is 28.8 Å². The highest BCUT2D eigenvalue weighted by molar-refractivity contribution is 5.98. The van der Waals surface area contributed by atoms with Crippen molar-refractivity contribution < 1.29 is 24.2 Å². The fourth-order valence-electron chi connectivity index (χ4n) is 2.72. The molecule has 3 N–H and O–H groups in total. The third kappa shape index (κ3) is 4.63. The minimum absolute atomic E-state index is 0.0344. The van der Waals surface area contributed by atoms with E-state index in [1.54, 1.807) is 36.4 Å². The Morgan fingerprint density at radius 3 is 2.52 bits per heavy atom. The van der Waals surface area contributed by atoms with E-state index < -0.39 is 5.97 Å². The Balaban J connectivity index is 1.74. The van der Waals surface area contributed by atoms with Gasteiger partial charge in [-0.2, -0.15) is 0 Å². The molecule has 7 heteroatoms. The molecular weight excluding hydrogens is 348 g/mol.